The fourth-order valence-corrected chi connectivity index (χ4v) is 2.72. The van der Waals surface area contributed by atoms with Gasteiger partial charge in [-0.3, -0.25) is 0 Å². The molecule has 100 valence electrons. The summed E-state index contributed by atoms with van der Waals surface area (Å²) in [6.07, 6.45) is 4.26. The van der Waals surface area contributed by atoms with Crippen LogP contribution in [0.15, 0.2) is 12.3 Å². The first-order chi connectivity index (χ1) is 8.74. The number of piperidine rings is 1. The van der Waals surface area contributed by atoms with Gasteiger partial charge in [-0.1, -0.05) is 0 Å². The first-order valence-electron chi connectivity index (χ1n) is 6.50. The number of alkyl halides is 1. The van der Waals surface area contributed by atoms with Crippen molar-refractivity contribution < 1.29 is 4.74 Å². The number of hydrogen-bond donors (Lipinski definition) is 0. The fourth-order valence-electron chi connectivity index (χ4n) is 2.58. The summed E-state index contributed by atoms with van der Waals surface area (Å²) in [6, 6.07) is 2.14. The lowest BCUT2D eigenvalue weighted by Gasteiger charge is -2.33. The summed E-state index contributed by atoms with van der Waals surface area (Å²) in [5.41, 5.74) is 2.31. The number of rotatable bonds is 4. The van der Waals surface area contributed by atoms with E-state index in [4.69, 9.17) is 16.3 Å². The third kappa shape index (κ3) is 3.15. The number of hydrogen-bond acceptors (Lipinski definition) is 3. The molecule has 0 unspecified atom stereocenters. The van der Waals surface area contributed by atoms with Crippen LogP contribution in [0.2, 0.25) is 0 Å². The zero-order chi connectivity index (χ0) is 13.0. The summed E-state index contributed by atoms with van der Waals surface area (Å²) >= 11 is 5.82. The molecule has 0 aliphatic carbocycles. The van der Waals surface area contributed by atoms with Crippen molar-refractivity contribution in [1.82, 2.24) is 4.98 Å². The Balaban J connectivity index is 2.01. The van der Waals surface area contributed by atoms with E-state index in [1.165, 1.54) is 18.4 Å². The van der Waals surface area contributed by atoms with E-state index in [1.54, 1.807) is 7.11 Å². The van der Waals surface area contributed by atoms with Gasteiger partial charge in [0, 0.05) is 38.9 Å². The zero-order valence-electron chi connectivity index (χ0n) is 11.2. The molecule has 1 fully saturated rings. The van der Waals surface area contributed by atoms with Gasteiger partial charge in [0.25, 0.3) is 0 Å². The van der Waals surface area contributed by atoms with Gasteiger partial charge in [-0.25, -0.2) is 4.98 Å². The zero-order valence-corrected chi connectivity index (χ0v) is 11.9. The number of pyridine rings is 1. The lowest BCUT2D eigenvalue weighted by atomic mass is 9.97. The molecule has 1 saturated heterocycles. The minimum atomic E-state index is 0.532. The van der Waals surface area contributed by atoms with Crippen LogP contribution < -0.4 is 4.90 Å². The highest BCUT2D eigenvalue weighted by Crippen LogP contribution is 2.25. The first-order valence-corrected chi connectivity index (χ1v) is 7.03. The van der Waals surface area contributed by atoms with Crippen molar-refractivity contribution in [3.05, 3.63) is 23.4 Å². The van der Waals surface area contributed by atoms with Gasteiger partial charge >= 0.3 is 0 Å². The summed E-state index contributed by atoms with van der Waals surface area (Å²) < 4.78 is 5.23. The average molecular weight is 269 g/mol. The quantitative estimate of drug-likeness (QED) is 0.785. The summed E-state index contributed by atoms with van der Waals surface area (Å²) in [7, 11) is 1.78. The second-order valence-corrected chi connectivity index (χ2v) is 5.27. The standard InChI is InChI=1S/C14H21ClN2O/c1-11-7-13(8-15)9-16-14(11)17-5-3-12(4-6-17)10-18-2/h7,9,12H,3-6,8,10H2,1-2H3. The third-order valence-corrected chi connectivity index (χ3v) is 3.89. The lowest BCUT2D eigenvalue weighted by Crippen LogP contribution is -2.36. The highest BCUT2D eigenvalue weighted by Gasteiger charge is 2.21. The Kier molecular flexibility index (Phi) is 4.84. The first kappa shape index (κ1) is 13.6. The fraction of sp³-hybridized carbons (Fsp3) is 0.643. The van der Waals surface area contributed by atoms with Crippen LogP contribution in [0.25, 0.3) is 0 Å². The molecule has 1 aliphatic rings. The molecule has 1 aromatic heterocycles. The molecular weight excluding hydrogens is 248 g/mol. The summed E-state index contributed by atoms with van der Waals surface area (Å²) in [6.45, 7) is 5.13. The average Bonchev–Trinajstić information content (AvgIpc) is 2.40. The summed E-state index contributed by atoms with van der Waals surface area (Å²) in [5.74, 6) is 2.35. The van der Waals surface area contributed by atoms with Gasteiger partial charge in [0.1, 0.15) is 5.82 Å². The molecule has 0 spiro atoms. The van der Waals surface area contributed by atoms with E-state index in [-0.39, 0.29) is 0 Å². The van der Waals surface area contributed by atoms with E-state index in [1.807, 2.05) is 6.20 Å². The summed E-state index contributed by atoms with van der Waals surface area (Å²) in [5, 5.41) is 0. The molecule has 4 heteroatoms. The lowest BCUT2D eigenvalue weighted by molar-refractivity contribution is 0.139. The molecule has 3 nitrogen and oxygen atoms in total. The van der Waals surface area contributed by atoms with E-state index in [0.29, 0.717) is 11.8 Å². The topological polar surface area (TPSA) is 25.4 Å². The maximum Gasteiger partial charge on any atom is 0.131 e. The van der Waals surface area contributed by atoms with Crippen molar-refractivity contribution in [2.45, 2.75) is 25.6 Å². The van der Waals surface area contributed by atoms with Crippen molar-refractivity contribution in [3.8, 4) is 0 Å². The molecule has 0 bridgehead atoms. The number of halogens is 1. The molecule has 2 rings (SSSR count). The third-order valence-electron chi connectivity index (χ3n) is 3.58. The Morgan fingerprint density at radius 1 is 1.44 bits per heavy atom. The van der Waals surface area contributed by atoms with Gasteiger partial charge in [0.2, 0.25) is 0 Å². The molecule has 1 aromatic rings. The number of aryl methyl sites for hydroxylation is 1. The van der Waals surface area contributed by atoms with Gasteiger partial charge in [-0.05, 0) is 42.9 Å². The van der Waals surface area contributed by atoms with E-state index in [9.17, 15) is 0 Å². The largest absolute Gasteiger partial charge is 0.384 e. The van der Waals surface area contributed by atoms with Crippen LogP contribution in [0.1, 0.15) is 24.0 Å². The molecular formula is C14H21ClN2O. The van der Waals surface area contributed by atoms with Crippen molar-refractivity contribution in [1.29, 1.82) is 0 Å². The summed E-state index contributed by atoms with van der Waals surface area (Å²) in [4.78, 5) is 6.93. The SMILES string of the molecule is COCC1CCN(c2ncc(CCl)cc2C)CC1. The van der Waals surface area contributed by atoms with E-state index < -0.39 is 0 Å². The van der Waals surface area contributed by atoms with Gasteiger partial charge in [-0.2, -0.15) is 0 Å². The number of anilines is 1. The predicted octanol–water partition coefficient (Wildman–Crippen LogP) is 2.99. The van der Waals surface area contributed by atoms with Gasteiger partial charge in [0.05, 0.1) is 0 Å². The predicted molar refractivity (Wildman–Crippen MR) is 75.3 cm³/mol. The van der Waals surface area contributed by atoms with Crippen LogP contribution in [0.3, 0.4) is 0 Å². The molecule has 0 radical (unpaired) electrons. The smallest absolute Gasteiger partial charge is 0.131 e. The molecule has 0 amide bonds. The van der Waals surface area contributed by atoms with E-state index in [2.05, 4.69) is 22.9 Å². The Hall–Kier alpha value is -0.800. The molecule has 0 aromatic carbocycles. The van der Waals surface area contributed by atoms with E-state index in [0.717, 1.165) is 31.1 Å². The van der Waals surface area contributed by atoms with Crippen molar-refractivity contribution >= 4 is 17.4 Å². The van der Waals surface area contributed by atoms with Crippen molar-refractivity contribution in [2.75, 3.05) is 31.7 Å². The van der Waals surface area contributed by atoms with Crippen LogP contribution in [-0.2, 0) is 10.6 Å². The van der Waals surface area contributed by atoms with Crippen LogP contribution >= 0.6 is 11.6 Å². The van der Waals surface area contributed by atoms with Crippen LogP contribution in [0, 0.1) is 12.8 Å². The second kappa shape index (κ2) is 6.39. The molecule has 0 N–H and O–H groups in total. The number of nitrogens with zero attached hydrogens (tertiary/aromatic N) is 2. The number of methoxy groups -OCH3 is 1. The van der Waals surface area contributed by atoms with Crippen molar-refractivity contribution in [3.63, 3.8) is 0 Å². The highest BCUT2D eigenvalue weighted by atomic mass is 35.5. The van der Waals surface area contributed by atoms with Crippen molar-refractivity contribution in [2.24, 2.45) is 5.92 Å². The maximum atomic E-state index is 5.82. The monoisotopic (exact) mass is 268 g/mol. The molecule has 0 saturated carbocycles. The van der Waals surface area contributed by atoms with Crippen LogP contribution in [0.4, 0.5) is 5.82 Å². The normalized spacial score (nSPS) is 17.2. The van der Waals surface area contributed by atoms with Crippen LogP contribution in [0.5, 0.6) is 0 Å². The van der Waals surface area contributed by atoms with Gasteiger partial charge < -0.3 is 9.64 Å². The van der Waals surface area contributed by atoms with E-state index >= 15 is 0 Å². The molecule has 0 atom stereocenters. The van der Waals surface area contributed by atoms with Gasteiger partial charge in [0.15, 0.2) is 0 Å². The Bertz CT molecular complexity index is 389. The Morgan fingerprint density at radius 3 is 2.72 bits per heavy atom. The van der Waals surface area contributed by atoms with Crippen LogP contribution in [-0.4, -0.2) is 31.8 Å². The number of aromatic nitrogens is 1. The molecule has 2 heterocycles. The Morgan fingerprint density at radius 2 is 2.17 bits per heavy atom. The highest BCUT2D eigenvalue weighted by molar-refractivity contribution is 6.17. The minimum Gasteiger partial charge on any atom is -0.384 e. The molecule has 18 heavy (non-hydrogen) atoms. The molecule has 1 aliphatic heterocycles. The minimum absolute atomic E-state index is 0.532. The van der Waals surface area contributed by atoms with Gasteiger partial charge in [-0.15, -0.1) is 11.6 Å². The second-order valence-electron chi connectivity index (χ2n) is 5.00. The number of ether oxygens (including phenoxy) is 1. The maximum absolute atomic E-state index is 5.82. The Labute approximate surface area is 114 Å².